The van der Waals surface area contributed by atoms with Crippen molar-refractivity contribution in [3.8, 4) is 0 Å². The normalized spacial score (nSPS) is 26.7. The van der Waals surface area contributed by atoms with Gasteiger partial charge >= 0.3 is 10.2 Å². The van der Waals surface area contributed by atoms with E-state index in [-0.39, 0.29) is 18.0 Å². The van der Waals surface area contributed by atoms with Gasteiger partial charge in [0.2, 0.25) is 11.8 Å². The first-order chi connectivity index (χ1) is 12.3. The molecule has 0 atom stereocenters. The molecular weight excluding hydrogens is 352 g/mol. The topological polar surface area (TPSA) is 74.8 Å². The maximum atomic E-state index is 13.4. The fourth-order valence-electron chi connectivity index (χ4n) is 4.78. The van der Waals surface area contributed by atoms with Gasteiger partial charge in [-0.15, -0.1) is 0 Å². The van der Waals surface area contributed by atoms with E-state index in [0.717, 1.165) is 47.1 Å². The number of nitrogens with zero attached hydrogens (tertiary/aromatic N) is 2. The lowest BCUT2D eigenvalue weighted by molar-refractivity contribution is -0.148. The Morgan fingerprint density at radius 3 is 1.54 bits per heavy atom. The van der Waals surface area contributed by atoms with Gasteiger partial charge in [0.15, 0.2) is 0 Å². The average molecular weight is 385 g/mol. The third-order valence-electron chi connectivity index (χ3n) is 6.05. The SMILES string of the molecule is CC(C)CC1C(=O)N(C2CCCCC2)S(=O)(=O)N(C2CCCCC2)C1=O. The number of amides is 2. The van der Waals surface area contributed by atoms with E-state index in [9.17, 15) is 18.0 Å². The predicted octanol–water partition coefficient (Wildman–Crippen LogP) is 3.23. The summed E-state index contributed by atoms with van der Waals surface area (Å²) in [6.45, 7) is 3.94. The van der Waals surface area contributed by atoms with Crippen LogP contribution in [0.2, 0.25) is 0 Å². The third-order valence-corrected chi connectivity index (χ3v) is 8.00. The van der Waals surface area contributed by atoms with E-state index in [2.05, 4.69) is 0 Å². The van der Waals surface area contributed by atoms with Gasteiger partial charge in [0, 0.05) is 12.1 Å². The van der Waals surface area contributed by atoms with Crippen LogP contribution in [0.3, 0.4) is 0 Å². The van der Waals surface area contributed by atoms with Crippen LogP contribution in [0.4, 0.5) is 0 Å². The van der Waals surface area contributed by atoms with Crippen LogP contribution in [0.1, 0.15) is 84.5 Å². The van der Waals surface area contributed by atoms with Crippen molar-refractivity contribution >= 4 is 22.0 Å². The Hall–Kier alpha value is -1.11. The standard InChI is InChI=1S/C19H32N2O4S/c1-14(2)13-17-18(22)20(15-9-5-3-6-10-15)26(24,25)21(19(17)23)16-11-7-4-8-12-16/h14-17H,3-13H2,1-2H3. The van der Waals surface area contributed by atoms with Gasteiger partial charge < -0.3 is 0 Å². The second-order valence-corrected chi connectivity index (χ2v) is 10.2. The molecule has 0 bridgehead atoms. The van der Waals surface area contributed by atoms with Gasteiger partial charge in [-0.05, 0) is 38.0 Å². The van der Waals surface area contributed by atoms with Crippen molar-refractivity contribution in [2.45, 2.75) is 96.6 Å². The Balaban J connectivity index is 1.98. The zero-order valence-corrected chi connectivity index (χ0v) is 16.8. The molecule has 148 valence electrons. The van der Waals surface area contributed by atoms with E-state index in [1.165, 1.54) is 0 Å². The monoisotopic (exact) mass is 384 g/mol. The molecule has 1 heterocycles. The molecule has 2 aliphatic carbocycles. The molecule has 6 nitrogen and oxygen atoms in total. The Morgan fingerprint density at radius 1 is 0.808 bits per heavy atom. The Bertz CT molecular complexity index is 590. The quantitative estimate of drug-likeness (QED) is 0.698. The van der Waals surface area contributed by atoms with Gasteiger partial charge in [0.05, 0.1) is 0 Å². The maximum Gasteiger partial charge on any atom is 0.331 e. The van der Waals surface area contributed by atoms with E-state index in [1.807, 2.05) is 13.8 Å². The molecule has 1 saturated heterocycles. The molecule has 2 amide bonds. The van der Waals surface area contributed by atoms with E-state index in [0.29, 0.717) is 32.1 Å². The molecule has 0 aromatic rings. The van der Waals surface area contributed by atoms with Crippen LogP contribution < -0.4 is 0 Å². The molecule has 0 spiro atoms. The van der Waals surface area contributed by atoms with E-state index >= 15 is 0 Å². The Morgan fingerprint density at radius 2 is 1.19 bits per heavy atom. The van der Waals surface area contributed by atoms with Crippen LogP contribution >= 0.6 is 0 Å². The van der Waals surface area contributed by atoms with Gasteiger partial charge in [-0.25, -0.2) is 8.61 Å². The molecule has 0 N–H and O–H groups in total. The molecule has 3 aliphatic rings. The zero-order valence-electron chi connectivity index (χ0n) is 16.0. The van der Waals surface area contributed by atoms with Gasteiger partial charge in [0.1, 0.15) is 5.92 Å². The largest absolute Gasteiger partial charge is 0.331 e. The Labute approximate surface area is 157 Å². The molecule has 0 aromatic heterocycles. The maximum absolute atomic E-state index is 13.4. The van der Waals surface area contributed by atoms with Gasteiger partial charge in [-0.2, -0.15) is 8.42 Å². The molecule has 2 saturated carbocycles. The summed E-state index contributed by atoms with van der Waals surface area (Å²) in [6, 6.07) is -0.565. The van der Waals surface area contributed by atoms with Crippen molar-refractivity contribution in [2.75, 3.05) is 0 Å². The minimum atomic E-state index is -4.06. The third kappa shape index (κ3) is 3.64. The lowest BCUT2D eigenvalue weighted by Gasteiger charge is -2.46. The molecule has 26 heavy (non-hydrogen) atoms. The molecule has 0 unspecified atom stereocenters. The predicted molar refractivity (Wildman–Crippen MR) is 99.3 cm³/mol. The van der Waals surface area contributed by atoms with Crippen LogP contribution in [-0.2, 0) is 19.8 Å². The van der Waals surface area contributed by atoms with Gasteiger partial charge in [-0.3, -0.25) is 9.59 Å². The highest BCUT2D eigenvalue weighted by Gasteiger charge is 2.54. The van der Waals surface area contributed by atoms with E-state index in [4.69, 9.17) is 0 Å². The fraction of sp³-hybridized carbons (Fsp3) is 0.895. The number of hydrogen-bond donors (Lipinski definition) is 0. The first-order valence-electron chi connectivity index (χ1n) is 10.3. The number of carbonyl (C=O) groups excluding carboxylic acids is 2. The van der Waals surface area contributed by atoms with Crippen LogP contribution in [0.15, 0.2) is 0 Å². The highest BCUT2D eigenvalue weighted by Crippen LogP contribution is 2.37. The minimum absolute atomic E-state index is 0.162. The van der Waals surface area contributed by atoms with Crippen molar-refractivity contribution in [1.82, 2.24) is 8.61 Å². The van der Waals surface area contributed by atoms with Crippen molar-refractivity contribution in [3.05, 3.63) is 0 Å². The molecule has 1 aliphatic heterocycles. The lowest BCUT2D eigenvalue weighted by Crippen LogP contribution is -2.65. The highest BCUT2D eigenvalue weighted by atomic mass is 32.2. The van der Waals surface area contributed by atoms with Crippen LogP contribution in [0.25, 0.3) is 0 Å². The van der Waals surface area contributed by atoms with Crippen LogP contribution in [-0.4, -0.2) is 40.9 Å². The van der Waals surface area contributed by atoms with E-state index < -0.39 is 27.9 Å². The summed E-state index contributed by atoms with van der Waals surface area (Å²) in [6.07, 6.45) is 9.20. The van der Waals surface area contributed by atoms with Crippen molar-refractivity contribution in [1.29, 1.82) is 0 Å². The minimum Gasteiger partial charge on any atom is -0.273 e. The van der Waals surface area contributed by atoms with Crippen molar-refractivity contribution < 1.29 is 18.0 Å². The van der Waals surface area contributed by atoms with Crippen molar-refractivity contribution in [2.24, 2.45) is 11.8 Å². The summed E-state index contributed by atoms with van der Waals surface area (Å²) in [5, 5.41) is 0. The molecular formula is C19H32N2O4S. The molecule has 3 fully saturated rings. The highest BCUT2D eigenvalue weighted by molar-refractivity contribution is 7.88. The summed E-state index contributed by atoms with van der Waals surface area (Å²) in [7, 11) is -4.06. The molecule has 0 aromatic carbocycles. The summed E-state index contributed by atoms with van der Waals surface area (Å²) in [5.41, 5.74) is 0. The second kappa shape index (κ2) is 7.87. The number of hydrogen-bond acceptors (Lipinski definition) is 4. The number of rotatable bonds is 4. The number of carbonyl (C=O) groups is 2. The lowest BCUT2D eigenvalue weighted by atomic mass is 9.90. The smallest absolute Gasteiger partial charge is 0.273 e. The van der Waals surface area contributed by atoms with Crippen molar-refractivity contribution in [3.63, 3.8) is 0 Å². The second-order valence-electron chi connectivity index (χ2n) is 8.54. The summed E-state index contributed by atoms with van der Waals surface area (Å²) in [5.74, 6) is -1.65. The molecule has 0 radical (unpaired) electrons. The summed E-state index contributed by atoms with van der Waals surface area (Å²) in [4.78, 5) is 26.2. The van der Waals surface area contributed by atoms with E-state index in [1.54, 1.807) is 0 Å². The fourth-order valence-corrected chi connectivity index (χ4v) is 6.85. The first kappa shape index (κ1) is 19.6. The summed E-state index contributed by atoms with van der Waals surface area (Å²) >= 11 is 0. The zero-order chi connectivity index (χ0) is 18.9. The van der Waals surface area contributed by atoms with Crippen LogP contribution in [0.5, 0.6) is 0 Å². The average Bonchev–Trinajstić information content (AvgIpc) is 2.60. The Kier molecular flexibility index (Phi) is 5.94. The first-order valence-corrected chi connectivity index (χ1v) is 11.6. The van der Waals surface area contributed by atoms with Gasteiger partial charge in [0.25, 0.3) is 0 Å². The van der Waals surface area contributed by atoms with Crippen LogP contribution in [0, 0.1) is 11.8 Å². The summed E-state index contributed by atoms with van der Waals surface area (Å²) < 4.78 is 29.0. The molecule has 3 rings (SSSR count). The van der Waals surface area contributed by atoms with Gasteiger partial charge in [-0.1, -0.05) is 52.4 Å². The molecule has 7 heteroatoms.